The first-order chi connectivity index (χ1) is 12.8. The highest BCUT2D eigenvalue weighted by Crippen LogP contribution is 2.37. The van der Waals surface area contributed by atoms with Gasteiger partial charge in [0.25, 0.3) is 0 Å². The molecule has 1 unspecified atom stereocenters. The topological polar surface area (TPSA) is 45.7 Å². The van der Waals surface area contributed by atoms with E-state index >= 15 is 0 Å². The molecule has 0 saturated heterocycles. The van der Waals surface area contributed by atoms with Gasteiger partial charge in [0.05, 0.1) is 12.5 Å². The number of guanidine groups is 1. The Hall–Kier alpha value is -1.10. The van der Waals surface area contributed by atoms with Crippen LogP contribution in [0.3, 0.4) is 0 Å². The van der Waals surface area contributed by atoms with Crippen molar-refractivity contribution >= 4 is 29.9 Å². The lowest BCUT2D eigenvalue weighted by Crippen LogP contribution is -2.46. The summed E-state index contributed by atoms with van der Waals surface area (Å²) in [6.07, 6.45) is -3.25. The first kappa shape index (κ1) is 24.9. The van der Waals surface area contributed by atoms with E-state index < -0.39 is 12.1 Å². The first-order valence-corrected chi connectivity index (χ1v) is 9.23. The Kier molecular flexibility index (Phi) is 10.5. The number of benzene rings is 1. The number of hydrogen-bond acceptors (Lipinski definition) is 2. The summed E-state index contributed by atoms with van der Waals surface area (Å²) < 4.78 is 56.9. The van der Waals surface area contributed by atoms with E-state index in [4.69, 9.17) is 4.74 Å². The van der Waals surface area contributed by atoms with Gasteiger partial charge in [-0.05, 0) is 50.3 Å². The van der Waals surface area contributed by atoms with Gasteiger partial charge in [-0.15, -0.1) is 24.0 Å². The SMILES string of the molecule is CCNC(=NCC(OC)c1ccc(F)cc1)NC1CCC(C(F)(F)F)CC1.I. The zero-order chi connectivity index (χ0) is 19.9. The van der Waals surface area contributed by atoms with E-state index in [-0.39, 0.29) is 54.8 Å². The summed E-state index contributed by atoms with van der Waals surface area (Å²) in [6, 6.07) is 6.00. The molecule has 28 heavy (non-hydrogen) atoms. The lowest BCUT2D eigenvalue weighted by Gasteiger charge is -2.31. The number of nitrogens with zero attached hydrogens (tertiary/aromatic N) is 1. The van der Waals surface area contributed by atoms with Crippen molar-refractivity contribution in [3.8, 4) is 0 Å². The van der Waals surface area contributed by atoms with Crippen LogP contribution in [-0.4, -0.2) is 38.4 Å². The number of nitrogens with one attached hydrogen (secondary N) is 2. The number of methoxy groups -OCH3 is 1. The molecule has 1 aliphatic carbocycles. The third kappa shape index (κ3) is 7.73. The molecule has 9 heteroatoms. The Balaban J connectivity index is 0.00000392. The second-order valence-corrected chi connectivity index (χ2v) is 6.73. The molecule has 1 aromatic rings. The largest absolute Gasteiger partial charge is 0.391 e. The van der Waals surface area contributed by atoms with E-state index in [0.29, 0.717) is 31.9 Å². The molecule has 1 fully saturated rings. The van der Waals surface area contributed by atoms with Crippen LogP contribution in [0.5, 0.6) is 0 Å². The molecule has 160 valence electrons. The minimum absolute atomic E-state index is 0. The van der Waals surface area contributed by atoms with Crippen LogP contribution < -0.4 is 10.6 Å². The quantitative estimate of drug-likeness (QED) is 0.247. The fourth-order valence-electron chi connectivity index (χ4n) is 3.25. The van der Waals surface area contributed by atoms with Crippen LogP contribution in [-0.2, 0) is 4.74 Å². The number of ether oxygens (including phenoxy) is 1. The monoisotopic (exact) mass is 517 g/mol. The van der Waals surface area contributed by atoms with Crippen molar-refractivity contribution in [1.29, 1.82) is 0 Å². The standard InChI is InChI=1S/C19H27F4N3O.HI/c1-3-24-18(26-16-10-6-14(7-11-16)19(21,22)23)25-12-17(27-2)13-4-8-15(20)9-5-13;/h4-5,8-9,14,16-17H,3,6-7,10-12H2,1-2H3,(H2,24,25,26);1H. The van der Waals surface area contributed by atoms with E-state index in [9.17, 15) is 17.6 Å². The Labute approximate surface area is 180 Å². The molecule has 1 aliphatic rings. The molecule has 0 heterocycles. The van der Waals surface area contributed by atoms with E-state index in [2.05, 4.69) is 15.6 Å². The van der Waals surface area contributed by atoms with Crippen molar-refractivity contribution < 1.29 is 22.3 Å². The molecule has 4 nitrogen and oxygen atoms in total. The maximum Gasteiger partial charge on any atom is 0.391 e. The number of alkyl halides is 3. The normalized spacial score (nSPS) is 21.6. The van der Waals surface area contributed by atoms with Gasteiger partial charge in [-0.3, -0.25) is 4.99 Å². The zero-order valence-corrected chi connectivity index (χ0v) is 18.4. The summed E-state index contributed by atoms with van der Waals surface area (Å²) in [5, 5.41) is 6.34. The maximum absolute atomic E-state index is 13.1. The average Bonchev–Trinajstić information content (AvgIpc) is 2.63. The van der Waals surface area contributed by atoms with Crippen LogP contribution in [0, 0.1) is 11.7 Å². The van der Waals surface area contributed by atoms with E-state index in [1.165, 1.54) is 12.1 Å². The minimum atomic E-state index is -4.11. The van der Waals surface area contributed by atoms with Gasteiger partial charge < -0.3 is 15.4 Å². The highest BCUT2D eigenvalue weighted by atomic mass is 127. The predicted octanol–water partition coefficient (Wildman–Crippen LogP) is 4.81. The molecule has 0 spiro atoms. The van der Waals surface area contributed by atoms with Crippen LogP contribution in [0.4, 0.5) is 17.6 Å². The van der Waals surface area contributed by atoms with Crippen LogP contribution in [0.25, 0.3) is 0 Å². The fraction of sp³-hybridized carbons (Fsp3) is 0.632. The van der Waals surface area contributed by atoms with Crippen molar-refractivity contribution in [3.63, 3.8) is 0 Å². The van der Waals surface area contributed by atoms with Crippen molar-refractivity contribution in [3.05, 3.63) is 35.6 Å². The number of rotatable bonds is 6. The van der Waals surface area contributed by atoms with E-state index in [1.807, 2.05) is 6.92 Å². The summed E-state index contributed by atoms with van der Waals surface area (Å²) in [4.78, 5) is 4.50. The number of hydrogen-bond donors (Lipinski definition) is 2. The molecule has 0 radical (unpaired) electrons. The second kappa shape index (κ2) is 11.8. The maximum atomic E-state index is 13.1. The van der Waals surface area contributed by atoms with Crippen LogP contribution in [0.2, 0.25) is 0 Å². The lowest BCUT2D eigenvalue weighted by molar-refractivity contribution is -0.182. The second-order valence-electron chi connectivity index (χ2n) is 6.73. The highest BCUT2D eigenvalue weighted by Gasteiger charge is 2.41. The summed E-state index contributed by atoms with van der Waals surface area (Å²) in [5.41, 5.74) is 0.809. The molecule has 1 atom stereocenters. The molecule has 0 bridgehead atoms. The lowest BCUT2D eigenvalue weighted by atomic mass is 9.85. The van der Waals surface area contributed by atoms with Gasteiger partial charge in [-0.2, -0.15) is 13.2 Å². The molecule has 1 aromatic carbocycles. The molecule has 0 amide bonds. The number of halogens is 5. The van der Waals surface area contributed by atoms with Gasteiger partial charge >= 0.3 is 6.18 Å². The Morgan fingerprint density at radius 1 is 1.18 bits per heavy atom. The average molecular weight is 517 g/mol. The third-order valence-corrected chi connectivity index (χ3v) is 4.82. The Morgan fingerprint density at radius 3 is 2.29 bits per heavy atom. The first-order valence-electron chi connectivity index (χ1n) is 9.23. The highest BCUT2D eigenvalue weighted by molar-refractivity contribution is 14.0. The van der Waals surface area contributed by atoms with Crippen molar-refractivity contribution in [2.45, 2.75) is 50.9 Å². The van der Waals surface area contributed by atoms with E-state index in [1.54, 1.807) is 19.2 Å². The molecule has 2 N–H and O–H groups in total. The summed E-state index contributed by atoms with van der Waals surface area (Å²) in [6.45, 7) is 2.87. The molecule has 0 aliphatic heterocycles. The predicted molar refractivity (Wildman–Crippen MR) is 112 cm³/mol. The van der Waals surface area contributed by atoms with Crippen molar-refractivity contribution in [1.82, 2.24) is 10.6 Å². The van der Waals surface area contributed by atoms with Crippen molar-refractivity contribution in [2.75, 3.05) is 20.2 Å². The smallest absolute Gasteiger partial charge is 0.375 e. The molecular weight excluding hydrogens is 489 g/mol. The Morgan fingerprint density at radius 2 is 1.79 bits per heavy atom. The van der Waals surface area contributed by atoms with Gasteiger partial charge in [0.15, 0.2) is 5.96 Å². The van der Waals surface area contributed by atoms with E-state index in [0.717, 1.165) is 5.56 Å². The van der Waals surface area contributed by atoms with Gasteiger partial charge in [-0.25, -0.2) is 4.39 Å². The van der Waals surface area contributed by atoms with Crippen LogP contribution in [0.1, 0.15) is 44.3 Å². The fourth-order valence-corrected chi connectivity index (χ4v) is 3.25. The molecule has 1 saturated carbocycles. The van der Waals surface area contributed by atoms with Crippen LogP contribution >= 0.6 is 24.0 Å². The summed E-state index contributed by atoms with van der Waals surface area (Å²) in [7, 11) is 1.56. The molecule has 2 rings (SSSR count). The Bertz CT molecular complexity index is 602. The van der Waals surface area contributed by atoms with Crippen LogP contribution in [0.15, 0.2) is 29.3 Å². The van der Waals surface area contributed by atoms with Gasteiger partial charge in [0, 0.05) is 19.7 Å². The zero-order valence-electron chi connectivity index (χ0n) is 16.1. The number of aliphatic imine (C=N–C) groups is 1. The molecular formula is C19H28F4IN3O. The minimum Gasteiger partial charge on any atom is -0.375 e. The summed E-state index contributed by atoms with van der Waals surface area (Å²) in [5.74, 6) is -0.967. The van der Waals surface area contributed by atoms with Gasteiger partial charge in [-0.1, -0.05) is 12.1 Å². The van der Waals surface area contributed by atoms with Gasteiger partial charge in [0.2, 0.25) is 0 Å². The van der Waals surface area contributed by atoms with Crippen molar-refractivity contribution in [2.24, 2.45) is 10.9 Å². The van der Waals surface area contributed by atoms with Gasteiger partial charge in [0.1, 0.15) is 11.9 Å². The summed E-state index contributed by atoms with van der Waals surface area (Å²) >= 11 is 0. The molecule has 0 aromatic heterocycles. The third-order valence-electron chi connectivity index (χ3n) is 4.82.